The molecule has 1 aromatic carbocycles. The van der Waals surface area contributed by atoms with Crippen molar-refractivity contribution in [2.75, 3.05) is 26.3 Å². The van der Waals surface area contributed by atoms with Gasteiger partial charge < -0.3 is 19.5 Å². The minimum atomic E-state index is -1.03. The van der Waals surface area contributed by atoms with E-state index in [0.717, 1.165) is 11.3 Å². The molecule has 0 spiro atoms. The summed E-state index contributed by atoms with van der Waals surface area (Å²) in [6, 6.07) is 7.73. The number of benzene rings is 1. The summed E-state index contributed by atoms with van der Waals surface area (Å²) in [7, 11) is 0. The number of ether oxygens (including phenoxy) is 2. The van der Waals surface area contributed by atoms with E-state index >= 15 is 0 Å². The van der Waals surface area contributed by atoms with Crippen LogP contribution in [-0.2, 0) is 14.3 Å². The summed E-state index contributed by atoms with van der Waals surface area (Å²) in [6.45, 7) is 3.26. The summed E-state index contributed by atoms with van der Waals surface area (Å²) < 4.78 is 10.7. The van der Waals surface area contributed by atoms with Crippen LogP contribution in [-0.4, -0.2) is 54.3 Å². The Hall–Kier alpha value is -2.08. The third-order valence-corrected chi connectivity index (χ3v) is 3.58. The molecule has 2 rings (SSSR count). The predicted molar refractivity (Wildman–Crippen MR) is 79.9 cm³/mol. The number of hydrogen-bond acceptors (Lipinski definition) is 4. The smallest absolute Gasteiger partial charge is 0.334 e. The number of carbonyl (C=O) groups is 2. The van der Waals surface area contributed by atoms with Gasteiger partial charge in [-0.2, -0.15) is 0 Å². The standard InChI is InChI=1S/C16H21NO5/c1-12-5-2-3-6-13(12)21-9-4-7-15(18)17-8-10-22-14(11-17)16(19)20/h2-3,5-6,14H,4,7-11H2,1H3,(H,19,20)/t14-/m0/s1. The number of hydrogen-bond donors (Lipinski definition) is 1. The van der Waals surface area contributed by atoms with Crippen LogP contribution >= 0.6 is 0 Å². The molecule has 1 N–H and O–H groups in total. The summed E-state index contributed by atoms with van der Waals surface area (Å²) in [5, 5.41) is 8.92. The maximum Gasteiger partial charge on any atom is 0.334 e. The van der Waals surface area contributed by atoms with Crippen molar-refractivity contribution < 1.29 is 24.2 Å². The highest BCUT2D eigenvalue weighted by atomic mass is 16.5. The molecule has 1 amide bonds. The average molecular weight is 307 g/mol. The van der Waals surface area contributed by atoms with Crippen LogP contribution in [0.2, 0.25) is 0 Å². The van der Waals surface area contributed by atoms with Gasteiger partial charge in [0.15, 0.2) is 6.10 Å². The number of carboxylic acid groups (broad SMARTS) is 1. The van der Waals surface area contributed by atoms with E-state index in [2.05, 4.69) is 0 Å². The molecule has 6 heteroatoms. The van der Waals surface area contributed by atoms with Crippen molar-refractivity contribution in [1.82, 2.24) is 4.90 Å². The molecule has 6 nitrogen and oxygen atoms in total. The summed E-state index contributed by atoms with van der Waals surface area (Å²) in [5.74, 6) is -0.254. The number of carboxylic acids is 1. The molecule has 1 aromatic rings. The third-order valence-electron chi connectivity index (χ3n) is 3.58. The summed E-state index contributed by atoms with van der Waals surface area (Å²) >= 11 is 0. The zero-order valence-electron chi connectivity index (χ0n) is 12.7. The van der Waals surface area contributed by atoms with Gasteiger partial charge in [0.2, 0.25) is 5.91 Å². The molecule has 0 aliphatic carbocycles. The van der Waals surface area contributed by atoms with Crippen LogP contribution in [0.4, 0.5) is 0 Å². The molecule has 0 aromatic heterocycles. The Balaban J connectivity index is 1.71. The van der Waals surface area contributed by atoms with E-state index in [4.69, 9.17) is 14.6 Å². The van der Waals surface area contributed by atoms with E-state index in [1.165, 1.54) is 0 Å². The topological polar surface area (TPSA) is 76.1 Å². The van der Waals surface area contributed by atoms with Crippen molar-refractivity contribution in [2.45, 2.75) is 25.9 Å². The fourth-order valence-electron chi connectivity index (χ4n) is 2.31. The zero-order valence-corrected chi connectivity index (χ0v) is 12.7. The van der Waals surface area contributed by atoms with Crippen molar-refractivity contribution in [3.63, 3.8) is 0 Å². The van der Waals surface area contributed by atoms with Crippen LogP contribution in [0.3, 0.4) is 0 Å². The highest BCUT2D eigenvalue weighted by molar-refractivity contribution is 5.78. The molecule has 0 saturated carbocycles. The lowest BCUT2D eigenvalue weighted by Gasteiger charge is -2.30. The zero-order chi connectivity index (χ0) is 15.9. The van der Waals surface area contributed by atoms with Gasteiger partial charge in [0.1, 0.15) is 5.75 Å². The van der Waals surface area contributed by atoms with E-state index < -0.39 is 12.1 Å². The molecule has 1 aliphatic rings. The van der Waals surface area contributed by atoms with Crippen molar-refractivity contribution in [2.24, 2.45) is 0 Å². The van der Waals surface area contributed by atoms with E-state index in [1.54, 1.807) is 4.90 Å². The van der Waals surface area contributed by atoms with Gasteiger partial charge in [0, 0.05) is 13.0 Å². The first-order valence-electron chi connectivity index (χ1n) is 7.38. The van der Waals surface area contributed by atoms with Gasteiger partial charge in [-0.3, -0.25) is 4.79 Å². The number of amides is 1. The molecule has 0 radical (unpaired) electrons. The minimum absolute atomic E-state index is 0.0528. The summed E-state index contributed by atoms with van der Waals surface area (Å²) in [6.07, 6.45) is 0.0291. The fourth-order valence-corrected chi connectivity index (χ4v) is 2.31. The maximum absolute atomic E-state index is 12.1. The maximum atomic E-state index is 12.1. The lowest BCUT2D eigenvalue weighted by Crippen LogP contribution is -2.48. The van der Waals surface area contributed by atoms with Crippen LogP contribution in [0.5, 0.6) is 5.75 Å². The lowest BCUT2D eigenvalue weighted by molar-refractivity contribution is -0.159. The molecule has 0 bridgehead atoms. The Bertz CT molecular complexity index is 531. The van der Waals surface area contributed by atoms with Gasteiger partial charge in [-0.1, -0.05) is 18.2 Å². The Morgan fingerprint density at radius 1 is 1.41 bits per heavy atom. The predicted octanol–water partition coefficient (Wildman–Crippen LogP) is 1.47. The highest BCUT2D eigenvalue weighted by Gasteiger charge is 2.28. The van der Waals surface area contributed by atoms with E-state index in [9.17, 15) is 9.59 Å². The number of carbonyl (C=O) groups excluding carboxylic acids is 1. The first-order valence-corrected chi connectivity index (χ1v) is 7.38. The molecular formula is C16H21NO5. The van der Waals surface area contributed by atoms with Gasteiger partial charge in [0.25, 0.3) is 0 Å². The lowest BCUT2D eigenvalue weighted by atomic mass is 10.2. The van der Waals surface area contributed by atoms with Crippen LogP contribution in [0.15, 0.2) is 24.3 Å². The second-order valence-corrected chi connectivity index (χ2v) is 5.25. The Labute approximate surface area is 129 Å². The number of aliphatic carboxylic acids is 1. The average Bonchev–Trinajstić information content (AvgIpc) is 2.53. The van der Waals surface area contributed by atoms with E-state index in [1.807, 2.05) is 31.2 Å². The molecule has 1 saturated heterocycles. The van der Waals surface area contributed by atoms with Gasteiger partial charge in [-0.15, -0.1) is 0 Å². The first-order chi connectivity index (χ1) is 10.6. The Morgan fingerprint density at radius 2 is 2.18 bits per heavy atom. The van der Waals surface area contributed by atoms with Crippen LogP contribution in [0.25, 0.3) is 0 Å². The van der Waals surface area contributed by atoms with Gasteiger partial charge in [-0.25, -0.2) is 4.79 Å². The number of rotatable bonds is 6. The molecule has 120 valence electrons. The minimum Gasteiger partial charge on any atom is -0.493 e. The van der Waals surface area contributed by atoms with Crippen LogP contribution in [0.1, 0.15) is 18.4 Å². The molecule has 0 unspecified atom stereocenters. The second-order valence-electron chi connectivity index (χ2n) is 5.25. The normalized spacial score (nSPS) is 18.0. The van der Waals surface area contributed by atoms with Gasteiger partial charge >= 0.3 is 5.97 Å². The van der Waals surface area contributed by atoms with Crippen LogP contribution < -0.4 is 4.74 Å². The molecule has 22 heavy (non-hydrogen) atoms. The second kappa shape index (κ2) is 7.79. The van der Waals surface area contributed by atoms with Crippen molar-refractivity contribution >= 4 is 11.9 Å². The Kier molecular flexibility index (Phi) is 5.77. The number of nitrogens with zero attached hydrogens (tertiary/aromatic N) is 1. The van der Waals surface area contributed by atoms with E-state index in [0.29, 0.717) is 26.0 Å². The fraction of sp³-hybridized carbons (Fsp3) is 0.500. The Morgan fingerprint density at radius 3 is 2.91 bits per heavy atom. The monoisotopic (exact) mass is 307 g/mol. The van der Waals surface area contributed by atoms with Crippen LogP contribution in [0, 0.1) is 6.92 Å². The molecule has 1 aliphatic heterocycles. The SMILES string of the molecule is Cc1ccccc1OCCCC(=O)N1CCO[C@H](C(=O)O)C1. The largest absolute Gasteiger partial charge is 0.493 e. The van der Waals surface area contributed by atoms with Crippen molar-refractivity contribution in [3.8, 4) is 5.75 Å². The quantitative estimate of drug-likeness (QED) is 0.805. The molecule has 1 heterocycles. The number of morpholine rings is 1. The first kappa shape index (κ1) is 16.3. The number of para-hydroxylation sites is 1. The van der Waals surface area contributed by atoms with Gasteiger partial charge in [-0.05, 0) is 25.0 Å². The highest BCUT2D eigenvalue weighted by Crippen LogP contribution is 2.16. The number of aryl methyl sites for hydroxylation is 1. The summed E-state index contributed by atoms with van der Waals surface area (Å²) in [5.41, 5.74) is 1.06. The molecule has 1 atom stereocenters. The van der Waals surface area contributed by atoms with E-state index in [-0.39, 0.29) is 19.1 Å². The van der Waals surface area contributed by atoms with Crippen molar-refractivity contribution in [3.05, 3.63) is 29.8 Å². The third kappa shape index (κ3) is 4.46. The van der Waals surface area contributed by atoms with Gasteiger partial charge in [0.05, 0.1) is 19.8 Å². The van der Waals surface area contributed by atoms with Crippen molar-refractivity contribution in [1.29, 1.82) is 0 Å². The molecular weight excluding hydrogens is 286 g/mol. The molecule has 1 fully saturated rings. The summed E-state index contributed by atoms with van der Waals surface area (Å²) in [4.78, 5) is 24.5.